The van der Waals surface area contributed by atoms with Crippen LogP contribution in [-0.4, -0.2) is 17.2 Å². The number of ether oxygens (including phenoxy) is 1. The average molecular weight is 405 g/mol. The van der Waals surface area contributed by atoms with Crippen molar-refractivity contribution in [3.63, 3.8) is 0 Å². The first-order chi connectivity index (χ1) is 14.5. The van der Waals surface area contributed by atoms with E-state index in [2.05, 4.69) is 29.6 Å². The summed E-state index contributed by atoms with van der Waals surface area (Å²) in [4.78, 5) is 12.3. The molecule has 156 valence electrons. The molecule has 0 spiro atoms. The topological polar surface area (TPSA) is 76.4 Å². The van der Waals surface area contributed by atoms with E-state index in [0.717, 1.165) is 30.0 Å². The van der Waals surface area contributed by atoms with Gasteiger partial charge >= 0.3 is 6.03 Å². The predicted octanol–water partition coefficient (Wildman–Crippen LogP) is 5.03. The summed E-state index contributed by atoms with van der Waals surface area (Å²) >= 11 is 0. The molecule has 1 aliphatic rings. The summed E-state index contributed by atoms with van der Waals surface area (Å²) in [5, 5.41) is 10.2. The molecule has 2 aromatic carbocycles. The summed E-state index contributed by atoms with van der Waals surface area (Å²) in [6, 6.07) is 21.0. The second kappa shape index (κ2) is 8.61. The molecule has 1 aromatic heterocycles. The van der Waals surface area contributed by atoms with Gasteiger partial charge in [0.05, 0.1) is 5.69 Å². The fourth-order valence-corrected chi connectivity index (χ4v) is 3.90. The third-order valence-corrected chi connectivity index (χ3v) is 6.00. The lowest BCUT2D eigenvalue weighted by Crippen LogP contribution is -2.59. The van der Waals surface area contributed by atoms with Crippen LogP contribution in [0.2, 0.25) is 0 Å². The lowest BCUT2D eigenvalue weighted by molar-refractivity contribution is 0.0211. The number of aromatic nitrogens is 1. The van der Waals surface area contributed by atoms with Crippen molar-refractivity contribution in [2.45, 2.75) is 39.3 Å². The zero-order valence-electron chi connectivity index (χ0n) is 17.3. The largest absolute Gasteiger partial charge is 0.486 e. The Balaban J connectivity index is 1.26. The van der Waals surface area contributed by atoms with E-state index in [1.165, 1.54) is 0 Å². The number of benzene rings is 2. The minimum Gasteiger partial charge on any atom is -0.486 e. The zero-order chi connectivity index (χ0) is 21.0. The SMILES string of the molecule is CC1(C)[C@H](Cc2cc(COc3ccccc3)on2)C[C@@H]1NC(=O)Nc1ccccc1. The highest BCUT2D eigenvalue weighted by Crippen LogP contribution is 2.47. The Bertz CT molecular complexity index is 970. The highest BCUT2D eigenvalue weighted by molar-refractivity contribution is 5.89. The summed E-state index contributed by atoms with van der Waals surface area (Å²) in [7, 11) is 0. The maximum atomic E-state index is 12.3. The van der Waals surface area contributed by atoms with Crippen molar-refractivity contribution in [3.8, 4) is 5.75 Å². The molecule has 6 nitrogen and oxygen atoms in total. The van der Waals surface area contributed by atoms with Gasteiger partial charge in [-0.1, -0.05) is 55.4 Å². The zero-order valence-corrected chi connectivity index (χ0v) is 17.3. The smallest absolute Gasteiger partial charge is 0.319 e. The van der Waals surface area contributed by atoms with Crippen LogP contribution in [0.5, 0.6) is 5.75 Å². The number of hydrogen-bond donors (Lipinski definition) is 2. The number of hydrogen-bond acceptors (Lipinski definition) is 4. The number of para-hydroxylation sites is 2. The molecule has 1 aliphatic carbocycles. The number of urea groups is 1. The van der Waals surface area contributed by atoms with E-state index in [9.17, 15) is 4.79 Å². The van der Waals surface area contributed by atoms with E-state index < -0.39 is 0 Å². The molecule has 1 saturated carbocycles. The van der Waals surface area contributed by atoms with Gasteiger partial charge < -0.3 is 19.9 Å². The van der Waals surface area contributed by atoms with Gasteiger partial charge in [0.15, 0.2) is 5.76 Å². The Morgan fingerprint density at radius 2 is 1.83 bits per heavy atom. The monoisotopic (exact) mass is 405 g/mol. The van der Waals surface area contributed by atoms with Crippen molar-refractivity contribution < 1.29 is 14.1 Å². The van der Waals surface area contributed by atoms with Crippen LogP contribution in [0.3, 0.4) is 0 Å². The Morgan fingerprint density at radius 3 is 2.53 bits per heavy atom. The summed E-state index contributed by atoms with van der Waals surface area (Å²) < 4.78 is 11.1. The molecule has 2 atom stereocenters. The molecule has 0 radical (unpaired) electrons. The molecule has 0 bridgehead atoms. The number of carbonyl (C=O) groups is 1. The second-order valence-electron chi connectivity index (χ2n) is 8.36. The number of carbonyl (C=O) groups excluding carboxylic acids is 1. The Morgan fingerprint density at radius 1 is 1.13 bits per heavy atom. The highest BCUT2D eigenvalue weighted by atomic mass is 16.5. The predicted molar refractivity (Wildman–Crippen MR) is 115 cm³/mol. The van der Waals surface area contributed by atoms with Crippen molar-refractivity contribution in [3.05, 3.63) is 78.2 Å². The van der Waals surface area contributed by atoms with Crippen LogP contribution in [0.25, 0.3) is 0 Å². The van der Waals surface area contributed by atoms with Crippen LogP contribution in [0.15, 0.2) is 71.3 Å². The minimum absolute atomic E-state index is 0.0202. The van der Waals surface area contributed by atoms with Crippen LogP contribution in [0.4, 0.5) is 10.5 Å². The minimum atomic E-state index is -0.167. The van der Waals surface area contributed by atoms with Crippen molar-refractivity contribution >= 4 is 11.7 Å². The fourth-order valence-electron chi connectivity index (χ4n) is 3.90. The summed E-state index contributed by atoms with van der Waals surface area (Å²) in [5.74, 6) is 1.94. The molecular formula is C24H27N3O3. The van der Waals surface area contributed by atoms with Gasteiger partial charge in [-0.3, -0.25) is 0 Å². The molecule has 30 heavy (non-hydrogen) atoms. The molecule has 4 rings (SSSR count). The van der Waals surface area contributed by atoms with E-state index in [4.69, 9.17) is 9.26 Å². The maximum Gasteiger partial charge on any atom is 0.319 e. The van der Waals surface area contributed by atoms with E-state index in [1.807, 2.05) is 66.7 Å². The van der Waals surface area contributed by atoms with Crippen molar-refractivity contribution in [1.29, 1.82) is 0 Å². The van der Waals surface area contributed by atoms with Crippen LogP contribution in [0, 0.1) is 11.3 Å². The average Bonchev–Trinajstić information content (AvgIpc) is 3.20. The molecule has 0 unspecified atom stereocenters. The molecular weight excluding hydrogens is 378 g/mol. The van der Waals surface area contributed by atoms with Crippen molar-refractivity contribution in [2.24, 2.45) is 11.3 Å². The molecule has 1 heterocycles. The first-order valence-corrected chi connectivity index (χ1v) is 10.3. The Hall–Kier alpha value is -3.28. The first kappa shape index (κ1) is 20.0. The normalized spacial score (nSPS) is 19.5. The number of rotatable bonds is 7. The molecule has 2 amide bonds. The number of nitrogens with zero attached hydrogens (tertiary/aromatic N) is 1. The fraction of sp³-hybridized carbons (Fsp3) is 0.333. The molecule has 0 saturated heterocycles. The summed E-state index contributed by atoms with van der Waals surface area (Å²) in [6.07, 6.45) is 1.73. The molecule has 0 aliphatic heterocycles. The van der Waals surface area contributed by atoms with Crippen molar-refractivity contribution in [1.82, 2.24) is 10.5 Å². The second-order valence-corrected chi connectivity index (χ2v) is 8.36. The van der Waals surface area contributed by atoms with Gasteiger partial charge in [-0.05, 0) is 48.4 Å². The lowest BCUT2D eigenvalue weighted by Gasteiger charge is -2.52. The molecule has 3 aromatic rings. The summed E-state index contributed by atoms with van der Waals surface area (Å²) in [5.41, 5.74) is 1.69. The number of nitrogens with one attached hydrogen (secondary N) is 2. The Labute approximate surface area is 176 Å². The van der Waals surface area contributed by atoms with Gasteiger partial charge in [-0.2, -0.15) is 0 Å². The van der Waals surface area contributed by atoms with Crippen LogP contribution in [0.1, 0.15) is 31.7 Å². The van der Waals surface area contributed by atoms with Crippen LogP contribution < -0.4 is 15.4 Å². The third kappa shape index (κ3) is 4.64. The van der Waals surface area contributed by atoms with Gasteiger partial charge in [-0.15, -0.1) is 0 Å². The Kier molecular flexibility index (Phi) is 5.74. The first-order valence-electron chi connectivity index (χ1n) is 10.3. The van der Waals surface area contributed by atoms with Gasteiger partial charge in [0, 0.05) is 17.8 Å². The van der Waals surface area contributed by atoms with Crippen LogP contribution in [-0.2, 0) is 13.0 Å². The van der Waals surface area contributed by atoms with E-state index in [-0.39, 0.29) is 17.5 Å². The lowest BCUT2D eigenvalue weighted by atomic mass is 9.57. The van der Waals surface area contributed by atoms with Gasteiger partial charge in [0.1, 0.15) is 12.4 Å². The number of amides is 2. The molecule has 2 N–H and O–H groups in total. The van der Waals surface area contributed by atoms with E-state index in [0.29, 0.717) is 18.3 Å². The van der Waals surface area contributed by atoms with Crippen LogP contribution >= 0.6 is 0 Å². The van der Waals surface area contributed by atoms with Gasteiger partial charge in [0.2, 0.25) is 0 Å². The summed E-state index contributed by atoms with van der Waals surface area (Å²) in [6.45, 7) is 4.73. The molecule has 1 fully saturated rings. The highest BCUT2D eigenvalue weighted by Gasteiger charge is 2.48. The number of anilines is 1. The van der Waals surface area contributed by atoms with E-state index in [1.54, 1.807) is 0 Å². The standard InChI is InChI=1S/C24H27N3O3/c1-24(2)17(14-22(24)26-23(28)25-18-9-5-3-6-10-18)13-19-15-21(30-27-19)16-29-20-11-7-4-8-12-20/h3-12,15,17,22H,13-14,16H2,1-2H3,(H2,25,26,28)/t17-,22+/m1/s1. The molecule has 6 heteroatoms. The quantitative estimate of drug-likeness (QED) is 0.578. The third-order valence-electron chi connectivity index (χ3n) is 6.00. The maximum absolute atomic E-state index is 12.3. The van der Waals surface area contributed by atoms with Gasteiger partial charge in [-0.25, -0.2) is 4.79 Å². The van der Waals surface area contributed by atoms with Crippen molar-refractivity contribution in [2.75, 3.05) is 5.32 Å². The van der Waals surface area contributed by atoms with E-state index >= 15 is 0 Å². The van der Waals surface area contributed by atoms with Gasteiger partial charge in [0.25, 0.3) is 0 Å².